The predicted molar refractivity (Wildman–Crippen MR) is 90.1 cm³/mol. The summed E-state index contributed by atoms with van der Waals surface area (Å²) in [5, 5.41) is 12.8. The largest absolute Gasteiger partial charge is 0.272 e. The number of hydrogen-bond acceptors (Lipinski definition) is 5. The number of aromatic nitrogens is 4. The van der Waals surface area contributed by atoms with Gasteiger partial charge in [0.15, 0.2) is 0 Å². The molecule has 2 heterocycles. The van der Waals surface area contributed by atoms with E-state index in [9.17, 15) is 9.59 Å². The maximum atomic E-state index is 12.3. The molecule has 1 aromatic heterocycles. The summed E-state index contributed by atoms with van der Waals surface area (Å²) in [6, 6.07) is 13.9. The van der Waals surface area contributed by atoms with E-state index in [4.69, 9.17) is 11.6 Å². The fourth-order valence-electron chi connectivity index (χ4n) is 2.71. The van der Waals surface area contributed by atoms with Crippen molar-refractivity contribution in [1.29, 1.82) is 0 Å². The minimum absolute atomic E-state index is 0.178. The number of fused-ring (bicyclic) bond motifs is 1. The summed E-state index contributed by atoms with van der Waals surface area (Å²) in [4.78, 5) is 27.2. The average Bonchev–Trinajstić information content (AvgIpc) is 3.18. The third kappa shape index (κ3) is 2.78. The summed E-state index contributed by atoms with van der Waals surface area (Å²) in [7, 11) is 0. The van der Waals surface area contributed by atoms with Crippen LogP contribution in [0, 0.1) is 0 Å². The molecular weight excluding hydrogens is 342 g/mol. The number of nitrogens with zero attached hydrogens (tertiary/aromatic N) is 5. The van der Waals surface area contributed by atoms with Crippen LogP contribution in [-0.4, -0.2) is 43.5 Å². The van der Waals surface area contributed by atoms with Gasteiger partial charge >= 0.3 is 0 Å². The SMILES string of the molecule is O=C1c2ccccc2C(=O)N1CCn1nnc(-c2cccc(Cl)c2)n1. The summed E-state index contributed by atoms with van der Waals surface area (Å²) in [5.74, 6) is -0.156. The zero-order valence-corrected chi connectivity index (χ0v) is 13.7. The van der Waals surface area contributed by atoms with E-state index in [1.165, 1.54) is 9.70 Å². The van der Waals surface area contributed by atoms with Gasteiger partial charge in [0.05, 0.1) is 24.2 Å². The minimum Gasteiger partial charge on any atom is -0.272 e. The highest BCUT2D eigenvalue weighted by Crippen LogP contribution is 2.22. The number of rotatable bonds is 4. The lowest BCUT2D eigenvalue weighted by Crippen LogP contribution is -2.33. The molecule has 0 aliphatic carbocycles. The number of carbonyl (C=O) groups excluding carboxylic acids is 2. The highest BCUT2D eigenvalue weighted by Gasteiger charge is 2.34. The molecule has 0 bridgehead atoms. The van der Waals surface area contributed by atoms with E-state index in [0.29, 0.717) is 22.0 Å². The third-order valence-electron chi connectivity index (χ3n) is 3.94. The molecule has 0 saturated heterocycles. The molecule has 7 nitrogen and oxygen atoms in total. The second-order valence-corrected chi connectivity index (χ2v) is 5.96. The molecular formula is C17H12ClN5O2. The number of amides is 2. The Hall–Kier alpha value is -3.06. The average molecular weight is 354 g/mol. The Labute approximate surface area is 147 Å². The molecule has 0 spiro atoms. The van der Waals surface area contributed by atoms with Crippen LogP contribution in [0.25, 0.3) is 11.4 Å². The molecule has 4 rings (SSSR count). The van der Waals surface area contributed by atoms with Crippen molar-refractivity contribution in [2.45, 2.75) is 6.54 Å². The van der Waals surface area contributed by atoms with E-state index in [0.717, 1.165) is 5.56 Å². The van der Waals surface area contributed by atoms with Gasteiger partial charge in [0.25, 0.3) is 11.8 Å². The van der Waals surface area contributed by atoms with Crippen molar-refractivity contribution in [2.75, 3.05) is 6.54 Å². The first-order valence-corrected chi connectivity index (χ1v) is 8.00. The fourth-order valence-corrected chi connectivity index (χ4v) is 2.90. The van der Waals surface area contributed by atoms with Gasteiger partial charge in [-0.15, -0.1) is 10.2 Å². The van der Waals surface area contributed by atoms with E-state index in [-0.39, 0.29) is 24.9 Å². The van der Waals surface area contributed by atoms with Crippen LogP contribution in [0.2, 0.25) is 5.02 Å². The van der Waals surface area contributed by atoms with Crippen LogP contribution in [0.15, 0.2) is 48.5 Å². The van der Waals surface area contributed by atoms with Crippen molar-refractivity contribution in [3.63, 3.8) is 0 Å². The number of imide groups is 1. The number of benzene rings is 2. The molecule has 124 valence electrons. The van der Waals surface area contributed by atoms with Crippen LogP contribution in [0.5, 0.6) is 0 Å². The van der Waals surface area contributed by atoms with Crippen molar-refractivity contribution < 1.29 is 9.59 Å². The van der Waals surface area contributed by atoms with E-state index in [1.807, 2.05) is 6.07 Å². The van der Waals surface area contributed by atoms with Crippen LogP contribution in [0.4, 0.5) is 0 Å². The molecule has 0 saturated carbocycles. The number of hydrogen-bond donors (Lipinski definition) is 0. The van der Waals surface area contributed by atoms with Gasteiger partial charge in [-0.05, 0) is 29.5 Å². The van der Waals surface area contributed by atoms with Crippen LogP contribution >= 0.6 is 11.6 Å². The summed E-state index contributed by atoms with van der Waals surface area (Å²) < 4.78 is 0. The molecule has 0 unspecified atom stereocenters. The summed E-state index contributed by atoms with van der Waals surface area (Å²) in [5.41, 5.74) is 1.61. The normalized spacial score (nSPS) is 13.4. The van der Waals surface area contributed by atoms with Crippen molar-refractivity contribution in [2.24, 2.45) is 0 Å². The molecule has 1 aliphatic heterocycles. The first-order valence-electron chi connectivity index (χ1n) is 7.62. The Morgan fingerprint density at radius 2 is 1.64 bits per heavy atom. The Morgan fingerprint density at radius 3 is 2.32 bits per heavy atom. The van der Waals surface area contributed by atoms with Crippen molar-refractivity contribution in [1.82, 2.24) is 25.1 Å². The highest BCUT2D eigenvalue weighted by atomic mass is 35.5. The van der Waals surface area contributed by atoms with Gasteiger partial charge in [0, 0.05) is 10.6 Å². The topological polar surface area (TPSA) is 81.0 Å². The molecule has 3 aromatic rings. The van der Waals surface area contributed by atoms with Gasteiger partial charge in [-0.3, -0.25) is 14.5 Å². The van der Waals surface area contributed by atoms with Crippen LogP contribution in [0.3, 0.4) is 0 Å². The summed E-state index contributed by atoms with van der Waals surface area (Å²) >= 11 is 5.96. The molecule has 8 heteroatoms. The summed E-state index contributed by atoms with van der Waals surface area (Å²) in [6.07, 6.45) is 0. The first-order chi connectivity index (χ1) is 12.1. The molecule has 0 N–H and O–H groups in total. The molecule has 25 heavy (non-hydrogen) atoms. The molecule has 1 aliphatic rings. The van der Waals surface area contributed by atoms with Gasteiger partial charge in [0.1, 0.15) is 0 Å². The lowest BCUT2D eigenvalue weighted by atomic mass is 10.1. The second kappa shape index (κ2) is 6.10. The summed E-state index contributed by atoms with van der Waals surface area (Å²) in [6.45, 7) is 0.441. The van der Waals surface area contributed by atoms with E-state index < -0.39 is 0 Å². The van der Waals surface area contributed by atoms with Crippen LogP contribution in [0.1, 0.15) is 20.7 Å². The van der Waals surface area contributed by atoms with Crippen molar-refractivity contribution in [3.8, 4) is 11.4 Å². The maximum absolute atomic E-state index is 12.3. The number of tetrazole rings is 1. The van der Waals surface area contributed by atoms with E-state index >= 15 is 0 Å². The Balaban J connectivity index is 1.48. The maximum Gasteiger partial charge on any atom is 0.261 e. The Morgan fingerprint density at radius 1 is 0.920 bits per heavy atom. The van der Waals surface area contributed by atoms with E-state index in [2.05, 4.69) is 15.4 Å². The van der Waals surface area contributed by atoms with Gasteiger partial charge in [-0.25, -0.2) is 0 Å². The predicted octanol–water partition coefficient (Wildman–Crippen LogP) is 2.29. The molecule has 0 atom stereocenters. The van der Waals surface area contributed by atoms with Gasteiger partial charge in [-0.2, -0.15) is 4.80 Å². The van der Waals surface area contributed by atoms with Crippen molar-refractivity contribution in [3.05, 3.63) is 64.7 Å². The Kier molecular flexibility index (Phi) is 3.77. The zero-order valence-electron chi connectivity index (χ0n) is 13.0. The number of carbonyl (C=O) groups is 2. The van der Waals surface area contributed by atoms with Gasteiger partial charge in [-0.1, -0.05) is 35.9 Å². The smallest absolute Gasteiger partial charge is 0.261 e. The highest BCUT2D eigenvalue weighted by molar-refractivity contribution is 6.30. The molecule has 0 radical (unpaired) electrons. The third-order valence-corrected chi connectivity index (χ3v) is 4.17. The lowest BCUT2D eigenvalue weighted by Gasteiger charge is -2.12. The van der Waals surface area contributed by atoms with Crippen molar-refractivity contribution >= 4 is 23.4 Å². The van der Waals surface area contributed by atoms with Gasteiger partial charge < -0.3 is 0 Å². The van der Waals surface area contributed by atoms with Gasteiger partial charge in [0.2, 0.25) is 5.82 Å². The Bertz CT molecular complexity index is 949. The monoisotopic (exact) mass is 353 g/mol. The lowest BCUT2D eigenvalue weighted by molar-refractivity contribution is 0.0645. The quantitative estimate of drug-likeness (QED) is 0.672. The minimum atomic E-state index is -0.296. The second-order valence-electron chi connectivity index (χ2n) is 5.53. The zero-order chi connectivity index (χ0) is 17.4. The van der Waals surface area contributed by atoms with Crippen LogP contribution < -0.4 is 0 Å². The molecule has 0 fully saturated rings. The molecule has 2 aromatic carbocycles. The first kappa shape index (κ1) is 15.5. The number of halogens is 1. The standard InChI is InChI=1S/C17H12ClN5O2/c18-12-5-3-4-11(10-12)15-19-21-23(20-15)9-8-22-16(24)13-6-1-2-7-14(13)17(22)25/h1-7,10H,8-9H2. The molecule has 2 amide bonds. The van der Waals surface area contributed by atoms with E-state index in [1.54, 1.807) is 42.5 Å². The fraction of sp³-hybridized carbons (Fsp3) is 0.118. The van der Waals surface area contributed by atoms with Crippen LogP contribution in [-0.2, 0) is 6.54 Å².